The number of phenols is 2. The van der Waals surface area contributed by atoms with Crippen LogP contribution in [0.5, 0.6) is 11.5 Å². The van der Waals surface area contributed by atoms with Crippen LogP contribution in [0.15, 0.2) is 42.5 Å². The summed E-state index contributed by atoms with van der Waals surface area (Å²) in [5, 5.41) is 29.5. The zero-order valence-electron chi connectivity index (χ0n) is 13.4. The molecule has 1 aromatic heterocycles. The van der Waals surface area contributed by atoms with Crippen molar-refractivity contribution in [1.82, 2.24) is 4.57 Å². The lowest BCUT2D eigenvalue weighted by atomic mass is 10.1. The molecule has 0 bridgehead atoms. The summed E-state index contributed by atoms with van der Waals surface area (Å²) in [5.74, 6) is -0.615. The van der Waals surface area contributed by atoms with E-state index in [9.17, 15) is 20.1 Å². The Balaban J connectivity index is 2.20. The molecule has 3 aromatic rings. The van der Waals surface area contributed by atoms with Crippen molar-refractivity contribution in [2.75, 3.05) is 0 Å². The third-order valence-electron chi connectivity index (χ3n) is 4.23. The number of aromatic hydroxyl groups is 2. The highest BCUT2D eigenvalue weighted by Gasteiger charge is 2.20. The van der Waals surface area contributed by atoms with E-state index in [-0.39, 0.29) is 17.9 Å². The van der Waals surface area contributed by atoms with Gasteiger partial charge in [0.2, 0.25) is 0 Å². The largest absolute Gasteiger partial charge is 0.508 e. The molecule has 0 atom stereocenters. The van der Waals surface area contributed by atoms with Crippen molar-refractivity contribution in [3.05, 3.63) is 59.3 Å². The highest BCUT2D eigenvalue weighted by Crippen LogP contribution is 2.34. The summed E-state index contributed by atoms with van der Waals surface area (Å²) in [7, 11) is 0. The number of fused-ring (bicyclic) bond motifs is 1. The van der Waals surface area contributed by atoms with Gasteiger partial charge in [0.05, 0.1) is 11.9 Å². The first kappa shape index (κ1) is 15.9. The van der Waals surface area contributed by atoms with Gasteiger partial charge in [-0.05, 0) is 41.8 Å². The molecule has 0 radical (unpaired) electrons. The summed E-state index contributed by atoms with van der Waals surface area (Å²) in [5.41, 5.74) is 3.37. The lowest BCUT2D eigenvalue weighted by molar-refractivity contribution is -0.136. The summed E-state index contributed by atoms with van der Waals surface area (Å²) in [6.07, 6.45) is 0.536. The van der Waals surface area contributed by atoms with E-state index in [1.54, 1.807) is 24.3 Å². The second kappa shape index (κ2) is 6.28. The van der Waals surface area contributed by atoms with Crippen molar-refractivity contribution in [1.29, 1.82) is 0 Å². The SMILES string of the molecule is CCc1c(CC(=O)O)c2c(O)cccc2n1Cc1ccc(O)cc1. The van der Waals surface area contributed by atoms with E-state index in [0.717, 1.165) is 16.8 Å². The number of rotatable bonds is 5. The molecule has 3 rings (SSSR count). The van der Waals surface area contributed by atoms with Crippen LogP contribution >= 0.6 is 0 Å². The van der Waals surface area contributed by atoms with E-state index < -0.39 is 5.97 Å². The van der Waals surface area contributed by atoms with Crippen LogP contribution in [0.1, 0.15) is 23.7 Å². The molecule has 0 aliphatic rings. The van der Waals surface area contributed by atoms with Gasteiger partial charge in [-0.3, -0.25) is 4.79 Å². The van der Waals surface area contributed by atoms with E-state index in [4.69, 9.17) is 0 Å². The number of aliphatic carboxylic acids is 1. The maximum atomic E-state index is 11.3. The third-order valence-corrected chi connectivity index (χ3v) is 4.23. The average molecular weight is 325 g/mol. The first-order valence-corrected chi connectivity index (χ1v) is 7.83. The molecule has 0 saturated heterocycles. The van der Waals surface area contributed by atoms with Gasteiger partial charge in [0.25, 0.3) is 0 Å². The number of benzene rings is 2. The molecule has 0 amide bonds. The predicted octanol–water partition coefficient (Wildman–Crippen LogP) is 3.29. The Morgan fingerprint density at radius 2 is 1.79 bits per heavy atom. The van der Waals surface area contributed by atoms with E-state index in [0.29, 0.717) is 23.9 Å². The lowest BCUT2D eigenvalue weighted by Gasteiger charge is -2.11. The van der Waals surface area contributed by atoms with Crippen LogP contribution in [0.2, 0.25) is 0 Å². The molecule has 24 heavy (non-hydrogen) atoms. The van der Waals surface area contributed by atoms with Gasteiger partial charge in [0.1, 0.15) is 11.5 Å². The van der Waals surface area contributed by atoms with Crippen LogP contribution in [0.25, 0.3) is 10.9 Å². The second-order valence-electron chi connectivity index (χ2n) is 5.77. The van der Waals surface area contributed by atoms with Gasteiger partial charge < -0.3 is 19.9 Å². The molecule has 124 valence electrons. The molecule has 0 aliphatic carbocycles. The number of carboxylic acid groups (broad SMARTS) is 1. The second-order valence-corrected chi connectivity index (χ2v) is 5.77. The molecule has 0 unspecified atom stereocenters. The van der Waals surface area contributed by atoms with Gasteiger partial charge in [0, 0.05) is 17.6 Å². The van der Waals surface area contributed by atoms with Crippen molar-refractivity contribution in [3.8, 4) is 11.5 Å². The Labute approximate surface area is 139 Å². The van der Waals surface area contributed by atoms with Crippen molar-refractivity contribution in [3.63, 3.8) is 0 Å². The number of carbonyl (C=O) groups is 1. The third kappa shape index (κ3) is 2.80. The molecule has 0 spiro atoms. The fourth-order valence-corrected chi connectivity index (χ4v) is 3.23. The molecule has 0 fully saturated rings. The van der Waals surface area contributed by atoms with Gasteiger partial charge in [-0.1, -0.05) is 25.1 Å². The van der Waals surface area contributed by atoms with Gasteiger partial charge >= 0.3 is 5.97 Å². The van der Waals surface area contributed by atoms with E-state index in [1.165, 1.54) is 0 Å². The Kier molecular flexibility index (Phi) is 4.16. The van der Waals surface area contributed by atoms with Crippen molar-refractivity contribution in [2.24, 2.45) is 0 Å². The molecular formula is C19H19NO4. The van der Waals surface area contributed by atoms with Crippen LogP contribution < -0.4 is 0 Å². The van der Waals surface area contributed by atoms with Crippen LogP contribution in [0.4, 0.5) is 0 Å². The summed E-state index contributed by atoms with van der Waals surface area (Å²) < 4.78 is 2.04. The normalized spacial score (nSPS) is 11.0. The van der Waals surface area contributed by atoms with Gasteiger partial charge in [-0.2, -0.15) is 0 Å². The average Bonchev–Trinajstić information content (AvgIpc) is 2.83. The first-order chi connectivity index (χ1) is 11.5. The highest BCUT2D eigenvalue weighted by atomic mass is 16.4. The van der Waals surface area contributed by atoms with Gasteiger partial charge in [0.15, 0.2) is 0 Å². The van der Waals surface area contributed by atoms with Gasteiger partial charge in [-0.15, -0.1) is 0 Å². The Morgan fingerprint density at radius 3 is 2.42 bits per heavy atom. The van der Waals surface area contributed by atoms with Crippen LogP contribution in [0.3, 0.4) is 0 Å². The smallest absolute Gasteiger partial charge is 0.307 e. The Bertz CT molecular complexity index is 894. The predicted molar refractivity (Wildman–Crippen MR) is 91.5 cm³/mol. The lowest BCUT2D eigenvalue weighted by Crippen LogP contribution is -2.07. The van der Waals surface area contributed by atoms with Crippen LogP contribution in [-0.4, -0.2) is 25.9 Å². The maximum Gasteiger partial charge on any atom is 0.307 e. The summed E-state index contributed by atoms with van der Waals surface area (Å²) in [4.78, 5) is 11.3. The zero-order valence-corrected chi connectivity index (χ0v) is 13.4. The summed E-state index contributed by atoms with van der Waals surface area (Å²) >= 11 is 0. The topological polar surface area (TPSA) is 82.7 Å². The Hall–Kier alpha value is -2.95. The molecule has 1 heterocycles. The number of aromatic nitrogens is 1. The quantitative estimate of drug-likeness (QED) is 0.672. The van der Waals surface area contributed by atoms with Crippen molar-refractivity contribution >= 4 is 16.9 Å². The molecule has 0 aliphatic heterocycles. The minimum Gasteiger partial charge on any atom is -0.508 e. The molecule has 5 nitrogen and oxygen atoms in total. The first-order valence-electron chi connectivity index (χ1n) is 7.83. The van der Waals surface area contributed by atoms with E-state index in [1.807, 2.05) is 29.7 Å². The summed E-state index contributed by atoms with van der Waals surface area (Å²) in [6, 6.07) is 12.2. The van der Waals surface area contributed by atoms with E-state index >= 15 is 0 Å². The zero-order chi connectivity index (χ0) is 17.3. The number of nitrogens with zero attached hydrogens (tertiary/aromatic N) is 1. The number of carboxylic acids is 1. The van der Waals surface area contributed by atoms with E-state index in [2.05, 4.69) is 0 Å². The van der Waals surface area contributed by atoms with Crippen molar-refractivity contribution < 1.29 is 20.1 Å². The monoisotopic (exact) mass is 325 g/mol. The number of phenolic OH excluding ortho intramolecular Hbond substituents is 2. The number of hydrogen-bond acceptors (Lipinski definition) is 3. The van der Waals surface area contributed by atoms with Gasteiger partial charge in [-0.25, -0.2) is 0 Å². The molecule has 3 N–H and O–H groups in total. The molecule has 2 aromatic carbocycles. The number of hydrogen-bond donors (Lipinski definition) is 3. The molecule has 0 saturated carbocycles. The summed E-state index contributed by atoms with van der Waals surface area (Å²) in [6.45, 7) is 2.52. The molecule has 5 heteroatoms. The fourth-order valence-electron chi connectivity index (χ4n) is 3.23. The van der Waals surface area contributed by atoms with Crippen molar-refractivity contribution in [2.45, 2.75) is 26.3 Å². The van der Waals surface area contributed by atoms with Crippen LogP contribution in [-0.2, 0) is 24.2 Å². The minimum absolute atomic E-state index is 0.0999. The fraction of sp³-hybridized carbons (Fsp3) is 0.211. The minimum atomic E-state index is -0.920. The Morgan fingerprint density at radius 1 is 1.08 bits per heavy atom. The highest BCUT2D eigenvalue weighted by molar-refractivity contribution is 5.93. The maximum absolute atomic E-state index is 11.3. The molecular weight excluding hydrogens is 306 g/mol. The van der Waals surface area contributed by atoms with Crippen LogP contribution in [0, 0.1) is 0 Å². The standard InChI is InChI=1S/C19H19NO4/c1-2-15-14(10-18(23)24)19-16(4-3-5-17(19)22)20(15)11-12-6-8-13(21)9-7-12/h3-9,21-22H,2,10-11H2,1H3,(H,23,24).